The van der Waals surface area contributed by atoms with E-state index in [1.54, 1.807) is 6.20 Å². The molecule has 0 bridgehead atoms. The first-order valence-electron chi connectivity index (χ1n) is 7.52. The van der Waals surface area contributed by atoms with Gasteiger partial charge in [0.2, 0.25) is 0 Å². The largest absolute Gasteiger partial charge is 0.389 e. The molecule has 0 saturated heterocycles. The molecule has 0 saturated carbocycles. The highest BCUT2D eigenvalue weighted by Gasteiger charge is 2.25. The second kappa shape index (κ2) is 6.39. The number of aromatic nitrogens is 1. The van der Waals surface area contributed by atoms with Crippen molar-refractivity contribution in [2.75, 3.05) is 5.32 Å². The number of benzene rings is 1. The molecule has 0 fully saturated rings. The van der Waals surface area contributed by atoms with Crippen molar-refractivity contribution in [3.63, 3.8) is 0 Å². The molecule has 1 aromatic heterocycles. The third-order valence-electron chi connectivity index (χ3n) is 4.46. The highest BCUT2D eigenvalue weighted by atomic mass is 32.1. The summed E-state index contributed by atoms with van der Waals surface area (Å²) >= 11 is 5.21. The van der Waals surface area contributed by atoms with Gasteiger partial charge in [-0.1, -0.05) is 51.2 Å². The van der Waals surface area contributed by atoms with Gasteiger partial charge in [-0.15, -0.1) is 0 Å². The zero-order chi connectivity index (χ0) is 15.5. The van der Waals surface area contributed by atoms with Gasteiger partial charge in [0.25, 0.3) is 0 Å². The van der Waals surface area contributed by atoms with Crippen LogP contribution in [0.3, 0.4) is 0 Å². The third kappa shape index (κ3) is 3.00. The van der Waals surface area contributed by atoms with Crippen LogP contribution in [0.5, 0.6) is 0 Å². The van der Waals surface area contributed by atoms with Gasteiger partial charge in [0.15, 0.2) is 0 Å². The minimum Gasteiger partial charge on any atom is -0.389 e. The number of pyridine rings is 1. The maximum absolute atomic E-state index is 5.90. The second-order valence-electron chi connectivity index (χ2n) is 5.39. The molecule has 3 nitrogen and oxygen atoms in total. The fourth-order valence-corrected chi connectivity index (χ4v) is 2.90. The Labute approximate surface area is 132 Å². The summed E-state index contributed by atoms with van der Waals surface area (Å²) in [6.45, 7) is 6.64. The van der Waals surface area contributed by atoms with Crippen LogP contribution in [0, 0.1) is 0 Å². The summed E-state index contributed by atoms with van der Waals surface area (Å²) in [6, 6.07) is 8.09. The predicted octanol–water partition coefficient (Wildman–Crippen LogP) is 4.25. The molecule has 4 heteroatoms. The van der Waals surface area contributed by atoms with Crippen molar-refractivity contribution in [3.05, 3.63) is 36.0 Å². The molecule has 21 heavy (non-hydrogen) atoms. The summed E-state index contributed by atoms with van der Waals surface area (Å²) in [7, 11) is 0. The van der Waals surface area contributed by atoms with E-state index in [2.05, 4.69) is 37.1 Å². The van der Waals surface area contributed by atoms with Crippen molar-refractivity contribution in [1.29, 1.82) is 0 Å². The van der Waals surface area contributed by atoms with Crippen LogP contribution >= 0.6 is 12.2 Å². The summed E-state index contributed by atoms with van der Waals surface area (Å²) in [5.41, 5.74) is 8.75. The number of nitrogens with two attached hydrogens (primary N) is 1. The van der Waals surface area contributed by atoms with Crippen molar-refractivity contribution in [3.8, 4) is 0 Å². The van der Waals surface area contributed by atoms with Crippen molar-refractivity contribution >= 4 is 33.8 Å². The topological polar surface area (TPSA) is 50.9 Å². The van der Waals surface area contributed by atoms with Crippen molar-refractivity contribution in [2.45, 2.75) is 45.6 Å². The van der Waals surface area contributed by atoms with Crippen molar-refractivity contribution in [1.82, 2.24) is 4.98 Å². The summed E-state index contributed by atoms with van der Waals surface area (Å²) in [5, 5.41) is 4.80. The molecule has 0 aliphatic rings. The van der Waals surface area contributed by atoms with E-state index >= 15 is 0 Å². The molecular formula is C17H23N3S. The molecule has 0 aliphatic heterocycles. The zero-order valence-electron chi connectivity index (χ0n) is 12.9. The number of nitrogens with zero attached hydrogens (tertiary/aromatic N) is 1. The summed E-state index contributed by atoms with van der Waals surface area (Å²) < 4.78 is 0. The zero-order valence-corrected chi connectivity index (χ0v) is 13.8. The number of para-hydroxylation sites is 1. The van der Waals surface area contributed by atoms with Crippen LogP contribution in [0.15, 0.2) is 30.5 Å². The predicted molar refractivity (Wildman–Crippen MR) is 94.9 cm³/mol. The Balaban J connectivity index is 2.64. The van der Waals surface area contributed by atoms with Gasteiger partial charge in [-0.3, -0.25) is 4.98 Å². The molecule has 0 atom stereocenters. The Morgan fingerprint density at radius 2 is 1.81 bits per heavy atom. The minimum absolute atomic E-state index is 0.0592. The van der Waals surface area contributed by atoms with Crippen LogP contribution in [0.1, 0.15) is 45.6 Å². The van der Waals surface area contributed by atoms with Gasteiger partial charge in [0, 0.05) is 17.1 Å². The van der Waals surface area contributed by atoms with Gasteiger partial charge in [-0.05, 0) is 25.3 Å². The molecule has 0 aliphatic carbocycles. The first kappa shape index (κ1) is 15.7. The van der Waals surface area contributed by atoms with Crippen molar-refractivity contribution < 1.29 is 0 Å². The van der Waals surface area contributed by atoms with Crippen LogP contribution in [-0.2, 0) is 0 Å². The Bertz CT molecular complexity index is 639. The van der Waals surface area contributed by atoms with E-state index in [4.69, 9.17) is 18.0 Å². The molecule has 0 radical (unpaired) electrons. The van der Waals surface area contributed by atoms with Gasteiger partial charge in [-0.2, -0.15) is 0 Å². The van der Waals surface area contributed by atoms with Crippen LogP contribution in [0.4, 0.5) is 5.69 Å². The lowest BCUT2D eigenvalue weighted by molar-refractivity contribution is 0.421. The van der Waals surface area contributed by atoms with E-state index in [-0.39, 0.29) is 5.54 Å². The Morgan fingerprint density at radius 1 is 1.19 bits per heavy atom. The van der Waals surface area contributed by atoms with Gasteiger partial charge in [0.1, 0.15) is 4.99 Å². The number of nitrogens with one attached hydrogen (secondary N) is 1. The second-order valence-corrected chi connectivity index (χ2v) is 5.83. The molecule has 112 valence electrons. The number of hydrogen-bond donors (Lipinski definition) is 2. The van der Waals surface area contributed by atoms with Crippen LogP contribution in [0.2, 0.25) is 0 Å². The Morgan fingerprint density at radius 3 is 2.38 bits per heavy atom. The van der Waals surface area contributed by atoms with Gasteiger partial charge < -0.3 is 11.1 Å². The minimum atomic E-state index is 0.0592. The molecule has 0 amide bonds. The highest BCUT2D eigenvalue weighted by molar-refractivity contribution is 7.80. The van der Waals surface area contributed by atoms with E-state index < -0.39 is 0 Å². The van der Waals surface area contributed by atoms with E-state index in [0.29, 0.717) is 4.99 Å². The SMILES string of the molecule is CCC(CC)(CC)Nc1c(C(N)=S)cnc2ccccc12. The monoisotopic (exact) mass is 301 g/mol. The van der Waals surface area contributed by atoms with E-state index in [0.717, 1.165) is 41.4 Å². The first-order chi connectivity index (χ1) is 10.1. The summed E-state index contributed by atoms with van der Waals surface area (Å²) in [6.07, 6.45) is 4.92. The van der Waals surface area contributed by atoms with E-state index in [9.17, 15) is 0 Å². The maximum atomic E-state index is 5.90. The van der Waals surface area contributed by atoms with Gasteiger partial charge in [0.05, 0.1) is 16.8 Å². The number of anilines is 1. The average Bonchev–Trinajstić information content (AvgIpc) is 2.52. The first-order valence-corrected chi connectivity index (χ1v) is 7.93. The number of thiocarbonyl (C=S) groups is 1. The van der Waals surface area contributed by atoms with Gasteiger partial charge in [-0.25, -0.2) is 0 Å². The Hall–Kier alpha value is -1.68. The van der Waals surface area contributed by atoms with Crippen molar-refractivity contribution in [2.24, 2.45) is 5.73 Å². The van der Waals surface area contributed by atoms with Crippen LogP contribution < -0.4 is 11.1 Å². The van der Waals surface area contributed by atoms with Crippen LogP contribution in [0.25, 0.3) is 10.9 Å². The molecular weight excluding hydrogens is 278 g/mol. The normalized spacial score (nSPS) is 11.6. The fourth-order valence-electron chi connectivity index (χ4n) is 2.74. The Kier molecular flexibility index (Phi) is 4.78. The standard InChI is InChI=1S/C17H23N3S/c1-4-17(5-2,6-3)20-15-12-9-7-8-10-14(12)19-11-13(15)16(18)21/h7-11H,4-6H2,1-3H3,(H2,18,21)(H,19,20). The summed E-state index contributed by atoms with van der Waals surface area (Å²) in [4.78, 5) is 4.85. The molecule has 1 heterocycles. The average molecular weight is 301 g/mol. The molecule has 2 aromatic rings. The lowest BCUT2D eigenvalue weighted by Gasteiger charge is -2.34. The van der Waals surface area contributed by atoms with Gasteiger partial charge >= 0.3 is 0 Å². The summed E-state index contributed by atoms with van der Waals surface area (Å²) in [5.74, 6) is 0. The molecule has 0 unspecified atom stereocenters. The third-order valence-corrected chi connectivity index (χ3v) is 4.68. The molecule has 2 rings (SSSR count). The smallest absolute Gasteiger partial charge is 0.107 e. The molecule has 1 aromatic carbocycles. The fraction of sp³-hybridized carbons (Fsp3) is 0.412. The molecule has 3 N–H and O–H groups in total. The number of rotatable bonds is 6. The lowest BCUT2D eigenvalue weighted by atomic mass is 9.89. The lowest BCUT2D eigenvalue weighted by Crippen LogP contribution is -2.37. The number of hydrogen-bond acceptors (Lipinski definition) is 3. The quantitative estimate of drug-likeness (QED) is 0.783. The maximum Gasteiger partial charge on any atom is 0.107 e. The highest BCUT2D eigenvalue weighted by Crippen LogP contribution is 2.32. The van der Waals surface area contributed by atoms with E-state index in [1.807, 2.05) is 18.2 Å². The number of fused-ring (bicyclic) bond motifs is 1. The van der Waals surface area contributed by atoms with E-state index in [1.165, 1.54) is 0 Å². The molecule has 0 spiro atoms. The van der Waals surface area contributed by atoms with Crippen LogP contribution in [-0.4, -0.2) is 15.5 Å².